The van der Waals surface area contributed by atoms with E-state index >= 15 is 0 Å². The Morgan fingerprint density at radius 1 is 1.30 bits per heavy atom. The zero-order valence-electron chi connectivity index (χ0n) is 11.2. The number of hydrogen-bond acceptors (Lipinski definition) is 3. The number of aromatic nitrogens is 1. The number of halogens is 2. The van der Waals surface area contributed by atoms with Gasteiger partial charge in [0.25, 0.3) is 0 Å². The fraction of sp³-hybridized carbons (Fsp3) is 0.308. The number of nitrogens with one attached hydrogen (secondary N) is 1. The molecule has 0 bridgehead atoms. The number of phenolic OH excluding ortho intramolecular Hbond substituents is 1. The van der Waals surface area contributed by atoms with Crippen LogP contribution >= 0.6 is 23.2 Å². The number of nitrogens with zero attached hydrogens (tertiary/aromatic N) is 1. The van der Waals surface area contributed by atoms with Crippen LogP contribution < -0.4 is 0 Å². The highest BCUT2D eigenvalue weighted by molar-refractivity contribution is 6.46. The fourth-order valence-corrected chi connectivity index (χ4v) is 2.73. The highest BCUT2D eigenvalue weighted by Crippen LogP contribution is 2.43. The van der Waals surface area contributed by atoms with E-state index in [2.05, 4.69) is 4.98 Å². The predicted octanol–water partition coefficient (Wildman–Crippen LogP) is 3.25. The van der Waals surface area contributed by atoms with E-state index in [9.17, 15) is 15.0 Å². The van der Waals surface area contributed by atoms with E-state index < -0.39 is 5.97 Å². The molecule has 1 heterocycles. The van der Waals surface area contributed by atoms with Crippen molar-refractivity contribution in [3.05, 3.63) is 26.9 Å². The third-order valence-electron chi connectivity index (χ3n) is 3.08. The molecular weight excluding hydrogens is 303 g/mol. The van der Waals surface area contributed by atoms with Crippen LogP contribution in [0.2, 0.25) is 10.0 Å². The molecule has 108 valence electrons. The summed E-state index contributed by atoms with van der Waals surface area (Å²) in [6.07, 6.45) is 0. The lowest BCUT2D eigenvalue weighted by Crippen LogP contribution is -2.12. The van der Waals surface area contributed by atoms with Gasteiger partial charge in [0.15, 0.2) is 0 Å². The van der Waals surface area contributed by atoms with Gasteiger partial charge in [0, 0.05) is 23.2 Å². The van der Waals surface area contributed by atoms with Gasteiger partial charge in [-0.15, -0.1) is 0 Å². The van der Waals surface area contributed by atoms with Crippen LogP contribution in [0.5, 0.6) is 5.75 Å². The smallest absolute Gasteiger partial charge is 0.338 e. The van der Waals surface area contributed by atoms with E-state index in [1.165, 1.54) is 0 Å². The first kappa shape index (κ1) is 15.0. The highest BCUT2D eigenvalue weighted by atomic mass is 35.5. The van der Waals surface area contributed by atoms with E-state index in [0.29, 0.717) is 28.7 Å². The number of rotatable bonds is 3. The van der Waals surface area contributed by atoms with Crippen molar-refractivity contribution in [2.75, 3.05) is 14.1 Å². The maximum Gasteiger partial charge on any atom is 0.338 e. The molecule has 0 fully saturated rings. The summed E-state index contributed by atoms with van der Waals surface area (Å²) in [4.78, 5) is 16.2. The van der Waals surface area contributed by atoms with Crippen molar-refractivity contribution < 1.29 is 15.0 Å². The Balaban J connectivity index is 2.97. The summed E-state index contributed by atoms with van der Waals surface area (Å²) in [7, 11) is 3.63. The average Bonchev–Trinajstić information content (AvgIpc) is 2.69. The molecule has 0 spiro atoms. The zero-order chi connectivity index (χ0) is 15.2. The molecular formula is C13H14Cl2N2O3. The zero-order valence-corrected chi connectivity index (χ0v) is 12.7. The lowest BCUT2D eigenvalue weighted by Gasteiger charge is -2.15. The van der Waals surface area contributed by atoms with Gasteiger partial charge < -0.3 is 20.1 Å². The minimum atomic E-state index is -1.08. The van der Waals surface area contributed by atoms with E-state index in [4.69, 9.17) is 23.2 Å². The molecule has 20 heavy (non-hydrogen) atoms. The van der Waals surface area contributed by atoms with E-state index in [1.54, 1.807) is 6.92 Å². The minimum absolute atomic E-state index is 0.0224. The van der Waals surface area contributed by atoms with Crippen LogP contribution in [0, 0.1) is 6.92 Å². The summed E-state index contributed by atoms with van der Waals surface area (Å²) in [6, 6.07) is 0. The summed E-state index contributed by atoms with van der Waals surface area (Å²) in [5.41, 5.74) is 1.45. The van der Waals surface area contributed by atoms with Gasteiger partial charge in [-0.3, -0.25) is 0 Å². The summed E-state index contributed by atoms with van der Waals surface area (Å²) in [6.45, 7) is 1.99. The largest absolute Gasteiger partial charge is 0.506 e. The molecule has 3 N–H and O–H groups in total. The number of aromatic carboxylic acids is 1. The van der Waals surface area contributed by atoms with Crippen LogP contribution in [-0.2, 0) is 6.54 Å². The molecule has 0 atom stereocenters. The Bertz CT molecular complexity index is 708. The molecule has 0 amide bonds. The van der Waals surface area contributed by atoms with E-state index in [0.717, 1.165) is 0 Å². The van der Waals surface area contributed by atoms with E-state index in [1.807, 2.05) is 19.0 Å². The summed E-state index contributed by atoms with van der Waals surface area (Å²) < 4.78 is 0. The lowest BCUT2D eigenvalue weighted by atomic mass is 10.0. The number of carboxylic acid groups (broad SMARTS) is 1. The standard InChI is InChI=1S/C13H14Cl2N2O3/c1-5-7(13(19)20)8-6(4-17(2)3)12(18)10(15)9(14)11(8)16-5/h16,18H,4H2,1-3H3,(H,19,20). The van der Waals surface area contributed by atoms with Crippen LogP contribution in [-0.4, -0.2) is 40.2 Å². The molecule has 0 aliphatic heterocycles. The molecule has 1 aromatic heterocycles. The average molecular weight is 317 g/mol. The molecule has 0 unspecified atom stereocenters. The number of aromatic amines is 1. The van der Waals surface area contributed by atoms with Crippen molar-refractivity contribution in [3.63, 3.8) is 0 Å². The Hall–Kier alpha value is -1.43. The van der Waals surface area contributed by atoms with Crippen molar-refractivity contribution in [1.82, 2.24) is 9.88 Å². The molecule has 0 aliphatic rings. The Morgan fingerprint density at radius 2 is 1.90 bits per heavy atom. The SMILES string of the molecule is Cc1[nH]c2c(Cl)c(Cl)c(O)c(CN(C)C)c2c1C(=O)O. The second-order valence-electron chi connectivity index (χ2n) is 4.87. The lowest BCUT2D eigenvalue weighted by molar-refractivity contribution is 0.0698. The van der Waals surface area contributed by atoms with Crippen LogP contribution in [0.25, 0.3) is 10.9 Å². The number of H-pyrrole nitrogens is 1. The van der Waals surface area contributed by atoms with Gasteiger partial charge in [-0.1, -0.05) is 23.2 Å². The Kier molecular flexibility index (Phi) is 3.86. The molecule has 7 heteroatoms. The second kappa shape index (κ2) is 5.16. The van der Waals surface area contributed by atoms with Gasteiger partial charge >= 0.3 is 5.97 Å². The molecule has 1 aromatic carbocycles. The predicted molar refractivity (Wildman–Crippen MR) is 79.1 cm³/mol. The summed E-state index contributed by atoms with van der Waals surface area (Å²) in [5, 5.41) is 20.1. The molecule has 0 aliphatic carbocycles. The number of carboxylic acids is 1. The van der Waals surface area contributed by atoms with Gasteiger partial charge in [0.05, 0.1) is 16.1 Å². The van der Waals surface area contributed by atoms with Gasteiger partial charge in [-0.05, 0) is 21.0 Å². The number of aryl methyl sites for hydroxylation is 1. The maximum atomic E-state index is 11.5. The number of aromatic hydroxyl groups is 1. The molecule has 2 rings (SSSR count). The van der Waals surface area contributed by atoms with Gasteiger partial charge in [-0.2, -0.15) is 0 Å². The monoisotopic (exact) mass is 316 g/mol. The Labute approximate surface area is 125 Å². The second-order valence-corrected chi connectivity index (χ2v) is 5.63. The van der Waals surface area contributed by atoms with Crippen LogP contribution in [0.15, 0.2) is 0 Å². The van der Waals surface area contributed by atoms with Gasteiger partial charge in [0.2, 0.25) is 0 Å². The first-order valence-corrected chi connectivity index (χ1v) is 6.60. The topological polar surface area (TPSA) is 76.6 Å². The first-order valence-electron chi connectivity index (χ1n) is 5.84. The quantitative estimate of drug-likeness (QED) is 0.812. The number of benzene rings is 1. The molecule has 2 aromatic rings. The minimum Gasteiger partial charge on any atom is -0.506 e. The number of hydrogen-bond donors (Lipinski definition) is 3. The number of fused-ring (bicyclic) bond motifs is 1. The van der Waals surface area contributed by atoms with Crippen molar-refractivity contribution in [3.8, 4) is 5.75 Å². The molecule has 5 nitrogen and oxygen atoms in total. The van der Waals surface area contributed by atoms with Gasteiger partial charge in [-0.25, -0.2) is 4.79 Å². The highest BCUT2D eigenvalue weighted by Gasteiger charge is 2.25. The fourth-order valence-electron chi connectivity index (χ4n) is 2.29. The molecule has 0 saturated heterocycles. The van der Waals surface area contributed by atoms with Gasteiger partial charge in [0.1, 0.15) is 10.8 Å². The van der Waals surface area contributed by atoms with Crippen LogP contribution in [0.1, 0.15) is 21.6 Å². The van der Waals surface area contributed by atoms with Crippen LogP contribution in [0.3, 0.4) is 0 Å². The molecule has 0 radical (unpaired) electrons. The summed E-state index contributed by atoms with van der Waals surface area (Å²) in [5.74, 6) is -1.26. The number of phenols is 1. The van der Waals surface area contributed by atoms with Crippen molar-refractivity contribution in [2.45, 2.75) is 13.5 Å². The van der Waals surface area contributed by atoms with Crippen molar-refractivity contribution >= 4 is 40.1 Å². The summed E-state index contributed by atoms with van der Waals surface area (Å²) >= 11 is 12.1. The number of carbonyl (C=O) groups is 1. The first-order chi connectivity index (χ1) is 9.25. The molecule has 0 saturated carbocycles. The van der Waals surface area contributed by atoms with Crippen molar-refractivity contribution in [1.29, 1.82) is 0 Å². The third kappa shape index (κ3) is 2.22. The third-order valence-corrected chi connectivity index (χ3v) is 3.93. The normalized spacial score (nSPS) is 11.5. The Morgan fingerprint density at radius 3 is 2.40 bits per heavy atom. The van der Waals surface area contributed by atoms with E-state index in [-0.39, 0.29) is 21.4 Å². The van der Waals surface area contributed by atoms with Crippen molar-refractivity contribution in [2.24, 2.45) is 0 Å². The van der Waals surface area contributed by atoms with Crippen LogP contribution in [0.4, 0.5) is 0 Å². The maximum absolute atomic E-state index is 11.5.